The molecule has 3 aromatic heterocycles. The molecule has 0 radical (unpaired) electrons. The van der Waals surface area contributed by atoms with Gasteiger partial charge in [0.1, 0.15) is 11.3 Å². The van der Waals surface area contributed by atoms with Gasteiger partial charge in [-0.1, -0.05) is 30.3 Å². The van der Waals surface area contributed by atoms with Gasteiger partial charge in [-0.25, -0.2) is 4.98 Å². The highest BCUT2D eigenvalue weighted by Crippen LogP contribution is 2.33. The number of nitrogens with two attached hydrogens (primary N) is 1. The molecular weight excluding hydrogens is 414 g/mol. The zero-order valence-electron chi connectivity index (χ0n) is 18.4. The van der Waals surface area contributed by atoms with Crippen molar-refractivity contribution in [3.63, 3.8) is 0 Å². The summed E-state index contributed by atoms with van der Waals surface area (Å²) in [7, 11) is 0. The fraction of sp³-hybridized carbons (Fsp3) is 0.320. The number of H-pyrrole nitrogens is 2. The molecule has 0 spiro atoms. The van der Waals surface area contributed by atoms with Gasteiger partial charge in [0.2, 0.25) is 11.2 Å². The molecule has 4 aromatic rings. The van der Waals surface area contributed by atoms with Gasteiger partial charge < -0.3 is 10.7 Å². The summed E-state index contributed by atoms with van der Waals surface area (Å²) < 4.78 is 0. The molecule has 5 rings (SSSR count). The van der Waals surface area contributed by atoms with Gasteiger partial charge in [0, 0.05) is 30.4 Å². The lowest BCUT2D eigenvalue weighted by Crippen LogP contribution is -2.14. The average molecular weight is 442 g/mol. The highest BCUT2D eigenvalue weighted by molar-refractivity contribution is 5.85. The monoisotopic (exact) mass is 441 g/mol. The van der Waals surface area contributed by atoms with E-state index in [-0.39, 0.29) is 11.5 Å². The van der Waals surface area contributed by atoms with Gasteiger partial charge >= 0.3 is 0 Å². The Hall–Kier alpha value is -3.81. The van der Waals surface area contributed by atoms with E-state index in [1.807, 2.05) is 12.1 Å². The number of benzene rings is 1. The van der Waals surface area contributed by atoms with Crippen molar-refractivity contribution in [2.75, 3.05) is 12.3 Å². The Labute approximate surface area is 191 Å². The molecule has 1 aromatic carbocycles. The molecule has 1 unspecified atom stereocenters. The van der Waals surface area contributed by atoms with E-state index in [9.17, 15) is 4.79 Å². The quantitative estimate of drug-likeness (QED) is 0.418. The Balaban J connectivity index is 1.34. The SMILES string of the molecule is Nc1cc(C(CCN=C2CCC(c3ccccc3)CC2)c2cc[nH]c(=O)c2)c2n[nH]nc2n1. The highest BCUT2D eigenvalue weighted by atomic mass is 16.1. The van der Waals surface area contributed by atoms with E-state index in [1.165, 1.54) is 11.3 Å². The fourth-order valence-corrected chi connectivity index (χ4v) is 4.84. The molecular formula is C25H27N7O. The number of hydrogen-bond acceptors (Lipinski definition) is 6. The van der Waals surface area contributed by atoms with Crippen LogP contribution in [0.3, 0.4) is 0 Å². The van der Waals surface area contributed by atoms with Gasteiger partial charge in [-0.3, -0.25) is 9.79 Å². The smallest absolute Gasteiger partial charge is 0.248 e. The van der Waals surface area contributed by atoms with Crippen molar-refractivity contribution in [3.8, 4) is 0 Å². The van der Waals surface area contributed by atoms with E-state index in [1.54, 1.807) is 12.3 Å². The number of aromatic amines is 2. The van der Waals surface area contributed by atoms with Crippen molar-refractivity contribution < 1.29 is 0 Å². The number of aliphatic imine (C=N–C) groups is 1. The van der Waals surface area contributed by atoms with Gasteiger partial charge in [0.15, 0.2) is 0 Å². The first kappa shape index (κ1) is 21.1. The number of pyridine rings is 2. The van der Waals surface area contributed by atoms with Crippen LogP contribution in [-0.4, -0.2) is 37.6 Å². The molecule has 8 nitrogen and oxygen atoms in total. The van der Waals surface area contributed by atoms with Crippen molar-refractivity contribution in [3.05, 3.63) is 81.8 Å². The summed E-state index contributed by atoms with van der Waals surface area (Å²) in [6.45, 7) is 0.671. The number of nitrogens with zero attached hydrogens (tertiary/aromatic N) is 4. The predicted molar refractivity (Wildman–Crippen MR) is 130 cm³/mol. The Morgan fingerprint density at radius 2 is 1.91 bits per heavy atom. The van der Waals surface area contributed by atoms with Crippen LogP contribution in [0.5, 0.6) is 0 Å². The van der Waals surface area contributed by atoms with E-state index in [2.05, 4.69) is 55.7 Å². The second kappa shape index (κ2) is 9.36. The van der Waals surface area contributed by atoms with E-state index in [0.717, 1.165) is 43.2 Å². The maximum atomic E-state index is 12.0. The third kappa shape index (κ3) is 4.69. The van der Waals surface area contributed by atoms with Crippen LogP contribution in [0.1, 0.15) is 60.6 Å². The molecule has 0 saturated heterocycles. The van der Waals surface area contributed by atoms with E-state index >= 15 is 0 Å². The number of aromatic nitrogens is 5. The molecule has 8 heteroatoms. The minimum atomic E-state index is -0.138. The second-order valence-electron chi connectivity index (χ2n) is 8.59. The van der Waals surface area contributed by atoms with Crippen molar-refractivity contribution in [1.29, 1.82) is 0 Å². The van der Waals surface area contributed by atoms with Gasteiger partial charge in [0.25, 0.3) is 0 Å². The number of hydrogen-bond donors (Lipinski definition) is 3. The number of nitrogens with one attached hydrogen (secondary N) is 2. The second-order valence-corrected chi connectivity index (χ2v) is 8.59. The predicted octanol–water partition coefficient (Wildman–Crippen LogP) is 3.94. The molecule has 1 atom stereocenters. The summed E-state index contributed by atoms with van der Waals surface area (Å²) in [5.41, 5.74) is 11.6. The normalized spacial score (nSPS) is 17.2. The van der Waals surface area contributed by atoms with Crippen molar-refractivity contribution >= 4 is 22.7 Å². The van der Waals surface area contributed by atoms with Gasteiger partial charge in [-0.15, -0.1) is 5.10 Å². The number of fused-ring (bicyclic) bond motifs is 1. The first-order valence-corrected chi connectivity index (χ1v) is 11.4. The summed E-state index contributed by atoms with van der Waals surface area (Å²) in [4.78, 5) is 23.9. The molecule has 168 valence electrons. The standard InChI is InChI=1S/C25H27N7O/c26-22-15-21(24-25(29-22)31-32-30-24)20(18-10-12-28-23(33)14-18)11-13-27-19-8-6-17(7-9-19)16-4-2-1-3-5-16/h1-5,10,12,14-15,17,20H,6-9,11,13H2,(H,28,33)(H3,26,29,30,31,32). The molecule has 4 N–H and O–H groups in total. The van der Waals surface area contributed by atoms with Gasteiger partial charge in [-0.05, 0) is 66.8 Å². The third-order valence-electron chi connectivity index (χ3n) is 6.51. The molecule has 1 saturated carbocycles. The molecule has 0 amide bonds. The molecule has 1 aliphatic carbocycles. The first-order valence-electron chi connectivity index (χ1n) is 11.4. The van der Waals surface area contributed by atoms with Crippen LogP contribution in [0.25, 0.3) is 11.2 Å². The van der Waals surface area contributed by atoms with Crippen LogP contribution < -0.4 is 11.3 Å². The van der Waals surface area contributed by atoms with Gasteiger partial charge in [-0.2, -0.15) is 10.3 Å². The summed E-state index contributed by atoms with van der Waals surface area (Å²) in [5.74, 6) is 0.913. The molecule has 1 fully saturated rings. The first-order chi connectivity index (χ1) is 16.2. The lowest BCUT2D eigenvalue weighted by atomic mass is 9.83. The lowest BCUT2D eigenvalue weighted by molar-refractivity contribution is 0.563. The van der Waals surface area contributed by atoms with Crippen LogP contribution in [0, 0.1) is 0 Å². The van der Waals surface area contributed by atoms with Crippen LogP contribution in [0.2, 0.25) is 0 Å². The largest absolute Gasteiger partial charge is 0.384 e. The maximum absolute atomic E-state index is 12.0. The van der Waals surface area contributed by atoms with Crippen LogP contribution >= 0.6 is 0 Å². The number of anilines is 1. The Morgan fingerprint density at radius 1 is 1.09 bits per heavy atom. The van der Waals surface area contributed by atoms with Crippen LogP contribution in [0.15, 0.2) is 64.5 Å². The molecule has 3 heterocycles. The van der Waals surface area contributed by atoms with E-state index < -0.39 is 0 Å². The fourth-order valence-electron chi connectivity index (χ4n) is 4.84. The van der Waals surface area contributed by atoms with Crippen molar-refractivity contribution in [2.45, 2.75) is 43.9 Å². The van der Waals surface area contributed by atoms with Crippen molar-refractivity contribution in [2.24, 2.45) is 4.99 Å². The molecule has 0 bridgehead atoms. The molecule has 1 aliphatic rings. The average Bonchev–Trinajstić information content (AvgIpc) is 3.31. The highest BCUT2D eigenvalue weighted by Gasteiger charge is 2.22. The van der Waals surface area contributed by atoms with Gasteiger partial charge in [0.05, 0.1) is 0 Å². The summed E-state index contributed by atoms with van der Waals surface area (Å²) in [6, 6.07) is 16.1. The Morgan fingerprint density at radius 3 is 2.70 bits per heavy atom. The number of nitrogen functional groups attached to an aromatic ring is 1. The zero-order valence-corrected chi connectivity index (χ0v) is 18.4. The summed E-state index contributed by atoms with van der Waals surface area (Å²) in [6.07, 6.45) is 6.75. The van der Waals surface area contributed by atoms with Crippen LogP contribution in [0.4, 0.5) is 5.82 Å². The summed E-state index contributed by atoms with van der Waals surface area (Å²) >= 11 is 0. The Bertz CT molecular complexity index is 1320. The minimum Gasteiger partial charge on any atom is -0.384 e. The Kier molecular flexibility index (Phi) is 5.97. The topological polar surface area (TPSA) is 126 Å². The lowest BCUT2D eigenvalue weighted by Gasteiger charge is -2.24. The summed E-state index contributed by atoms with van der Waals surface area (Å²) in [5, 5.41) is 11.0. The van der Waals surface area contributed by atoms with E-state index in [0.29, 0.717) is 29.4 Å². The third-order valence-corrected chi connectivity index (χ3v) is 6.51. The van der Waals surface area contributed by atoms with Crippen LogP contribution in [-0.2, 0) is 0 Å². The number of rotatable bonds is 6. The molecule has 0 aliphatic heterocycles. The minimum absolute atomic E-state index is 0.0878. The van der Waals surface area contributed by atoms with Crippen molar-refractivity contribution in [1.82, 2.24) is 25.4 Å². The zero-order chi connectivity index (χ0) is 22.6. The van der Waals surface area contributed by atoms with E-state index in [4.69, 9.17) is 10.7 Å². The molecule has 33 heavy (non-hydrogen) atoms. The maximum Gasteiger partial charge on any atom is 0.248 e.